The van der Waals surface area contributed by atoms with Crippen molar-refractivity contribution in [3.8, 4) is 0 Å². The van der Waals surface area contributed by atoms with Crippen molar-refractivity contribution in [1.82, 2.24) is 0 Å². The van der Waals surface area contributed by atoms with E-state index in [1.54, 1.807) is 0 Å². The summed E-state index contributed by atoms with van der Waals surface area (Å²) in [5.74, 6) is 0. The maximum atomic E-state index is 9.77. The summed E-state index contributed by atoms with van der Waals surface area (Å²) >= 11 is 0. The summed E-state index contributed by atoms with van der Waals surface area (Å²) in [6.45, 7) is 7.55. The van der Waals surface area contributed by atoms with Gasteiger partial charge in [0.15, 0.2) is 0 Å². The highest BCUT2D eigenvalue weighted by molar-refractivity contribution is 5.13. The summed E-state index contributed by atoms with van der Waals surface area (Å²) in [4.78, 5) is 0. The van der Waals surface area contributed by atoms with Crippen LogP contribution >= 0.6 is 0 Å². The first kappa shape index (κ1) is 14.2. The predicted octanol–water partition coefficient (Wildman–Crippen LogP) is 3.39. The van der Waals surface area contributed by atoms with E-state index in [4.69, 9.17) is 4.74 Å². The second kappa shape index (κ2) is 6.77. The van der Waals surface area contributed by atoms with Gasteiger partial charge in [0.05, 0.1) is 19.3 Å². The number of rotatable bonds is 6. The largest absolute Gasteiger partial charge is 0.391 e. The summed E-state index contributed by atoms with van der Waals surface area (Å²) in [6, 6.07) is 10.0. The van der Waals surface area contributed by atoms with Crippen LogP contribution in [0.25, 0.3) is 0 Å². The standard InChI is InChI=1S/C15H24O2/c1-15(2,3)10-9-14(16)12-17-11-13-7-5-4-6-8-13/h4-8,14,16H,9-12H2,1-3H3. The topological polar surface area (TPSA) is 29.5 Å². The monoisotopic (exact) mass is 236 g/mol. The van der Waals surface area contributed by atoms with Gasteiger partial charge in [-0.25, -0.2) is 0 Å². The minimum absolute atomic E-state index is 0.278. The van der Waals surface area contributed by atoms with Gasteiger partial charge in [-0.05, 0) is 23.8 Å². The fourth-order valence-corrected chi connectivity index (χ4v) is 1.57. The minimum Gasteiger partial charge on any atom is -0.391 e. The molecule has 2 nitrogen and oxygen atoms in total. The first-order valence-electron chi connectivity index (χ1n) is 6.27. The average Bonchev–Trinajstić information content (AvgIpc) is 2.27. The van der Waals surface area contributed by atoms with Crippen molar-refractivity contribution in [3.05, 3.63) is 35.9 Å². The third-order valence-electron chi connectivity index (χ3n) is 2.65. The van der Waals surface area contributed by atoms with Crippen molar-refractivity contribution < 1.29 is 9.84 Å². The van der Waals surface area contributed by atoms with Crippen LogP contribution in [0.4, 0.5) is 0 Å². The summed E-state index contributed by atoms with van der Waals surface area (Å²) < 4.78 is 5.50. The minimum atomic E-state index is -0.349. The fourth-order valence-electron chi connectivity index (χ4n) is 1.57. The van der Waals surface area contributed by atoms with E-state index in [0.29, 0.717) is 13.2 Å². The first-order chi connectivity index (χ1) is 7.97. The second-order valence-electron chi connectivity index (χ2n) is 5.75. The second-order valence-corrected chi connectivity index (χ2v) is 5.75. The lowest BCUT2D eigenvalue weighted by Crippen LogP contribution is -2.18. The number of benzene rings is 1. The molecule has 0 saturated heterocycles. The fraction of sp³-hybridized carbons (Fsp3) is 0.600. The Morgan fingerprint density at radius 1 is 1.18 bits per heavy atom. The quantitative estimate of drug-likeness (QED) is 0.820. The smallest absolute Gasteiger partial charge is 0.0774 e. The molecule has 0 heterocycles. The molecule has 0 bridgehead atoms. The van der Waals surface area contributed by atoms with Gasteiger partial charge in [-0.2, -0.15) is 0 Å². The predicted molar refractivity (Wildman–Crippen MR) is 70.8 cm³/mol. The molecule has 0 amide bonds. The molecule has 0 spiro atoms. The van der Waals surface area contributed by atoms with Gasteiger partial charge in [0.25, 0.3) is 0 Å². The van der Waals surface area contributed by atoms with E-state index in [1.807, 2.05) is 30.3 Å². The SMILES string of the molecule is CC(C)(C)CCC(O)COCc1ccccc1. The molecule has 0 fully saturated rings. The molecular formula is C15H24O2. The van der Waals surface area contributed by atoms with Gasteiger partial charge in [-0.3, -0.25) is 0 Å². The summed E-state index contributed by atoms with van der Waals surface area (Å²) in [7, 11) is 0. The molecule has 17 heavy (non-hydrogen) atoms. The Morgan fingerprint density at radius 2 is 1.82 bits per heavy atom. The molecule has 0 aliphatic carbocycles. The van der Waals surface area contributed by atoms with Crippen LogP contribution < -0.4 is 0 Å². The van der Waals surface area contributed by atoms with Gasteiger partial charge in [-0.1, -0.05) is 51.1 Å². The molecule has 1 aromatic rings. The highest BCUT2D eigenvalue weighted by atomic mass is 16.5. The Balaban J connectivity index is 2.14. The Morgan fingerprint density at radius 3 is 2.41 bits per heavy atom. The van der Waals surface area contributed by atoms with Gasteiger partial charge in [0.2, 0.25) is 0 Å². The molecule has 0 radical (unpaired) electrons. The van der Waals surface area contributed by atoms with E-state index in [-0.39, 0.29) is 11.5 Å². The maximum Gasteiger partial charge on any atom is 0.0774 e. The zero-order valence-electron chi connectivity index (χ0n) is 11.1. The molecule has 1 N–H and O–H groups in total. The molecule has 0 aliphatic rings. The van der Waals surface area contributed by atoms with Crippen LogP contribution in [0, 0.1) is 5.41 Å². The van der Waals surface area contributed by atoms with E-state index in [0.717, 1.165) is 18.4 Å². The molecule has 1 aromatic carbocycles. The number of hydrogen-bond acceptors (Lipinski definition) is 2. The molecular weight excluding hydrogens is 212 g/mol. The Bertz CT molecular complexity index is 300. The van der Waals surface area contributed by atoms with Crippen molar-refractivity contribution in [1.29, 1.82) is 0 Å². The van der Waals surface area contributed by atoms with Crippen LogP contribution in [0.15, 0.2) is 30.3 Å². The molecule has 2 heteroatoms. The number of ether oxygens (including phenoxy) is 1. The third kappa shape index (κ3) is 7.14. The van der Waals surface area contributed by atoms with E-state index < -0.39 is 0 Å². The van der Waals surface area contributed by atoms with Crippen molar-refractivity contribution in [2.24, 2.45) is 5.41 Å². The highest BCUT2D eigenvalue weighted by Gasteiger charge is 2.13. The lowest BCUT2D eigenvalue weighted by molar-refractivity contribution is 0.0195. The lowest BCUT2D eigenvalue weighted by Gasteiger charge is -2.20. The summed E-state index contributed by atoms with van der Waals surface area (Å²) in [5, 5.41) is 9.77. The summed E-state index contributed by atoms with van der Waals surface area (Å²) in [6.07, 6.45) is 1.47. The molecule has 1 rings (SSSR count). The third-order valence-corrected chi connectivity index (χ3v) is 2.65. The van der Waals surface area contributed by atoms with Crippen LogP contribution in [0.5, 0.6) is 0 Å². The Kier molecular flexibility index (Phi) is 5.66. The van der Waals surface area contributed by atoms with E-state index in [1.165, 1.54) is 0 Å². The average molecular weight is 236 g/mol. The van der Waals surface area contributed by atoms with Crippen molar-refractivity contribution in [2.45, 2.75) is 46.3 Å². The van der Waals surface area contributed by atoms with Crippen LogP contribution in [-0.4, -0.2) is 17.8 Å². The zero-order valence-corrected chi connectivity index (χ0v) is 11.1. The van der Waals surface area contributed by atoms with Crippen LogP contribution in [-0.2, 0) is 11.3 Å². The van der Waals surface area contributed by atoms with Gasteiger partial charge in [0, 0.05) is 0 Å². The van der Waals surface area contributed by atoms with Gasteiger partial charge < -0.3 is 9.84 Å². The highest BCUT2D eigenvalue weighted by Crippen LogP contribution is 2.21. The van der Waals surface area contributed by atoms with Gasteiger partial charge in [0.1, 0.15) is 0 Å². The van der Waals surface area contributed by atoms with Crippen molar-refractivity contribution in [2.75, 3.05) is 6.61 Å². The molecule has 1 atom stereocenters. The Hall–Kier alpha value is -0.860. The number of aliphatic hydroxyl groups excluding tert-OH is 1. The molecule has 0 aliphatic heterocycles. The lowest BCUT2D eigenvalue weighted by atomic mass is 9.89. The van der Waals surface area contributed by atoms with Crippen LogP contribution in [0.3, 0.4) is 0 Å². The van der Waals surface area contributed by atoms with Crippen molar-refractivity contribution >= 4 is 0 Å². The molecule has 96 valence electrons. The maximum absolute atomic E-state index is 9.77. The van der Waals surface area contributed by atoms with Gasteiger partial charge >= 0.3 is 0 Å². The molecule has 0 aromatic heterocycles. The van der Waals surface area contributed by atoms with Crippen LogP contribution in [0.2, 0.25) is 0 Å². The van der Waals surface area contributed by atoms with E-state index >= 15 is 0 Å². The molecule has 0 saturated carbocycles. The van der Waals surface area contributed by atoms with E-state index in [9.17, 15) is 5.11 Å². The zero-order chi connectivity index (χ0) is 12.7. The van der Waals surface area contributed by atoms with Gasteiger partial charge in [-0.15, -0.1) is 0 Å². The number of aliphatic hydroxyl groups is 1. The first-order valence-corrected chi connectivity index (χ1v) is 6.27. The van der Waals surface area contributed by atoms with Crippen LogP contribution in [0.1, 0.15) is 39.2 Å². The van der Waals surface area contributed by atoms with Crippen molar-refractivity contribution in [3.63, 3.8) is 0 Å². The summed E-state index contributed by atoms with van der Waals surface area (Å²) in [5.41, 5.74) is 1.43. The normalized spacial score (nSPS) is 13.6. The number of hydrogen-bond donors (Lipinski definition) is 1. The van der Waals surface area contributed by atoms with E-state index in [2.05, 4.69) is 20.8 Å². The Labute approximate surface area is 105 Å². The molecule has 1 unspecified atom stereocenters.